The zero-order chi connectivity index (χ0) is 11.8. The molecule has 3 N–H and O–H groups in total. The molecular formula is C9H17NO4. The second kappa shape index (κ2) is 6.94. The average molecular weight is 203 g/mol. The van der Waals surface area contributed by atoms with Crippen LogP contribution in [0.3, 0.4) is 0 Å². The monoisotopic (exact) mass is 203 g/mol. The van der Waals surface area contributed by atoms with E-state index >= 15 is 0 Å². The summed E-state index contributed by atoms with van der Waals surface area (Å²) in [4.78, 5) is 19.3. The molecule has 0 radical (unpaired) electrons. The number of hydrogen-bond donors (Lipinski definition) is 3. The van der Waals surface area contributed by atoms with Crippen LogP contribution in [0.2, 0.25) is 0 Å². The number of carbonyl (C=O) groups excluding carboxylic acids is 1. The third-order valence-electron chi connectivity index (χ3n) is 1.53. The van der Waals surface area contributed by atoms with Crippen molar-refractivity contribution in [2.45, 2.75) is 32.7 Å². The lowest BCUT2D eigenvalue weighted by molar-refractivity contribution is -0.118. The molecule has 0 aromatic rings. The van der Waals surface area contributed by atoms with Gasteiger partial charge in [0.15, 0.2) is 0 Å². The van der Waals surface area contributed by atoms with Gasteiger partial charge in [0.1, 0.15) is 0 Å². The zero-order valence-corrected chi connectivity index (χ0v) is 8.70. The minimum Gasteiger partial charge on any atom is -0.450 e. The highest BCUT2D eigenvalue weighted by Crippen LogP contribution is 2.05. The Kier molecular flexibility index (Phi) is 7.42. The Hall–Kier alpha value is -1.52. The smallest absolute Gasteiger partial charge is 0.450 e. The fourth-order valence-electron chi connectivity index (χ4n) is 0.473. The van der Waals surface area contributed by atoms with Crippen molar-refractivity contribution in [3.8, 4) is 0 Å². The van der Waals surface area contributed by atoms with Gasteiger partial charge in [0, 0.05) is 5.54 Å². The maximum atomic E-state index is 10.8. The first-order valence-corrected chi connectivity index (χ1v) is 4.11. The van der Waals surface area contributed by atoms with E-state index < -0.39 is 6.16 Å². The SMILES string of the molecule is C=CC(=O)NC(C)(C)CC.O=C(O)O. The van der Waals surface area contributed by atoms with Crippen LogP contribution in [0.25, 0.3) is 0 Å². The summed E-state index contributed by atoms with van der Waals surface area (Å²) in [6.45, 7) is 9.36. The van der Waals surface area contributed by atoms with E-state index in [0.29, 0.717) is 0 Å². The molecule has 14 heavy (non-hydrogen) atoms. The Labute approximate surface area is 83.4 Å². The quantitative estimate of drug-likeness (QED) is 0.609. The van der Waals surface area contributed by atoms with E-state index in [1.807, 2.05) is 20.8 Å². The van der Waals surface area contributed by atoms with Crippen molar-refractivity contribution in [2.24, 2.45) is 0 Å². The Morgan fingerprint density at radius 3 is 2.00 bits per heavy atom. The Balaban J connectivity index is 0. The van der Waals surface area contributed by atoms with E-state index in [9.17, 15) is 4.79 Å². The number of amides is 1. The largest absolute Gasteiger partial charge is 0.503 e. The van der Waals surface area contributed by atoms with Crippen molar-refractivity contribution in [3.05, 3.63) is 12.7 Å². The van der Waals surface area contributed by atoms with E-state index in [4.69, 9.17) is 15.0 Å². The molecule has 0 aliphatic heterocycles. The molecule has 0 spiro atoms. The molecule has 0 atom stereocenters. The lowest BCUT2D eigenvalue weighted by Crippen LogP contribution is -2.41. The van der Waals surface area contributed by atoms with Gasteiger partial charge >= 0.3 is 6.16 Å². The summed E-state index contributed by atoms with van der Waals surface area (Å²) in [5.41, 5.74) is -0.106. The maximum absolute atomic E-state index is 10.8. The molecule has 0 unspecified atom stereocenters. The van der Waals surface area contributed by atoms with E-state index in [2.05, 4.69) is 11.9 Å². The lowest BCUT2D eigenvalue weighted by Gasteiger charge is -2.23. The van der Waals surface area contributed by atoms with Crippen LogP contribution in [-0.4, -0.2) is 27.8 Å². The summed E-state index contributed by atoms with van der Waals surface area (Å²) in [7, 11) is 0. The number of carbonyl (C=O) groups is 2. The highest BCUT2D eigenvalue weighted by atomic mass is 16.6. The minimum atomic E-state index is -1.83. The van der Waals surface area contributed by atoms with Crippen molar-refractivity contribution >= 4 is 12.1 Å². The molecule has 0 aromatic carbocycles. The van der Waals surface area contributed by atoms with E-state index in [0.717, 1.165) is 6.42 Å². The standard InChI is InChI=1S/C8H15NO.CH2O3/c1-5-7(10)9-8(3,4)6-2;2-1(3)4/h5H,1,6H2,2-4H3,(H,9,10);(H2,2,3,4). The summed E-state index contributed by atoms with van der Waals surface area (Å²) in [6, 6.07) is 0. The summed E-state index contributed by atoms with van der Waals surface area (Å²) in [6.07, 6.45) is 0.379. The fraction of sp³-hybridized carbons (Fsp3) is 0.556. The molecule has 1 amide bonds. The Bertz CT molecular complexity index is 207. The van der Waals surface area contributed by atoms with Crippen molar-refractivity contribution in [3.63, 3.8) is 0 Å². The van der Waals surface area contributed by atoms with Gasteiger partial charge in [-0.15, -0.1) is 0 Å². The second-order valence-corrected chi connectivity index (χ2v) is 3.21. The molecule has 0 aliphatic carbocycles. The number of rotatable bonds is 3. The molecule has 82 valence electrons. The van der Waals surface area contributed by atoms with Gasteiger partial charge in [0.2, 0.25) is 5.91 Å². The summed E-state index contributed by atoms with van der Waals surface area (Å²) >= 11 is 0. The summed E-state index contributed by atoms with van der Waals surface area (Å²) < 4.78 is 0. The average Bonchev–Trinajstić information content (AvgIpc) is 2.02. The highest BCUT2D eigenvalue weighted by molar-refractivity contribution is 5.87. The third kappa shape index (κ3) is 13.1. The number of nitrogens with one attached hydrogen (secondary N) is 1. The topological polar surface area (TPSA) is 86.6 Å². The predicted octanol–water partition coefficient (Wildman–Crippen LogP) is 1.70. The van der Waals surface area contributed by atoms with Gasteiger partial charge in [-0.1, -0.05) is 13.5 Å². The first-order valence-electron chi connectivity index (χ1n) is 4.11. The maximum Gasteiger partial charge on any atom is 0.503 e. The fourth-order valence-corrected chi connectivity index (χ4v) is 0.473. The predicted molar refractivity (Wildman–Crippen MR) is 53.4 cm³/mol. The van der Waals surface area contributed by atoms with Gasteiger partial charge < -0.3 is 15.5 Å². The van der Waals surface area contributed by atoms with Crippen LogP contribution in [0.1, 0.15) is 27.2 Å². The highest BCUT2D eigenvalue weighted by Gasteiger charge is 2.15. The van der Waals surface area contributed by atoms with E-state index in [-0.39, 0.29) is 11.4 Å². The van der Waals surface area contributed by atoms with Crippen molar-refractivity contribution in [1.82, 2.24) is 5.32 Å². The van der Waals surface area contributed by atoms with E-state index in [1.54, 1.807) is 0 Å². The van der Waals surface area contributed by atoms with Gasteiger partial charge in [0.05, 0.1) is 0 Å². The molecular weight excluding hydrogens is 186 g/mol. The van der Waals surface area contributed by atoms with E-state index in [1.165, 1.54) is 6.08 Å². The summed E-state index contributed by atoms with van der Waals surface area (Å²) in [5, 5.41) is 16.7. The molecule has 0 saturated heterocycles. The molecule has 0 rings (SSSR count). The van der Waals surface area contributed by atoms with Gasteiger partial charge in [-0.05, 0) is 26.3 Å². The van der Waals surface area contributed by atoms with Crippen LogP contribution in [0.5, 0.6) is 0 Å². The van der Waals surface area contributed by atoms with Crippen LogP contribution in [-0.2, 0) is 4.79 Å². The molecule has 0 aromatic heterocycles. The number of carboxylic acid groups (broad SMARTS) is 2. The van der Waals surface area contributed by atoms with Gasteiger partial charge in [-0.2, -0.15) is 0 Å². The first-order chi connectivity index (χ1) is 6.25. The molecule has 5 heteroatoms. The lowest BCUT2D eigenvalue weighted by atomic mass is 10.0. The second-order valence-electron chi connectivity index (χ2n) is 3.21. The van der Waals surface area contributed by atoms with Crippen molar-refractivity contribution in [2.75, 3.05) is 0 Å². The Morgan fingerprint density at radius 2 is 1.79 bits per heavy atom. The van der Waals surface area contributed by atoms with Gasteiger partial charge in [0.25, 0.3) is 0 Å². The van der Waals surface area contributed by atoms with Crippen LogP contribution in [0, 0.1) is 0 Å². The van der Waals surface area contributed by atoms with Crippen LogP contribution in [0.15, 0.2) is 12.7 Å². The minimum absolute atomic E-state index is 0.105. The van der Waals surface area contributed by atoms with Crippen molar-refractivity contribution in [1.29, 1.82) is 0 Å². The van der Waals surface area contributed by atoms with Crippen molar-refractivity contribution < 1.29 is 19.8 Å². The van der Waals surface area contributed by atoms with Crippen LogP contribution in [0.4, 0.5) is 4.79 Å². The first kappa shape index (κ1) is 15.0. The summed E-state index contributed by atoms with van der Waals surface area (Å²) in [5.74, 6) is -0.105. The zero-order valence-electron chi connectivity index (χ0n) is 8.70. The Morgan fingerprint density at radius 1 is 1.43 bits per heavy atom. The van der Waals surface area contributed by atoms with Gasteiger partial charge in [-0.25, -0.2) is 4.79 Å². The molecule has 0 heterocycles. The molecule has 5 nitrogen and oxygen atoms in total. The van der Waals surface area contributed by atoms with Crippen LogP contribution < -0.4 is 5.32 Å². The third-order valence-corrected chi connectivity index (χ3v) is 1.53. The normalized spacial score (nSPS) is 9.36. The molecule has 0 saturated carbocycles. The van der Waals surface area contributed by atoms with Gasteiger partial charge in [-0.3, -0.25) is 4.79 Å². The molecule has 0 bridgehead atoms. The number of hydrogen-bond acceptors (Lipinski definition) is 2. The molecule has 0 aliphatic rings. The van der Waals surface area contributed by atoms with Crippen LogP contribution >= 0.6 is 0 Å². The molecule has 0 fully saturated rings.